The number of benzene rings is 1. The Morgan fingerprint density at radius 3 is 2.41 bits per heavy atom. The molecule has 1 heterocycles. The third-order valence-electron chi connectivity index (χ3n) is 9.32. The van der Waals surface area contributed by atoms with Crippen molar-refractivity contribution in [1.82, 2.24) is 15.3 Å². The van der Waals surface area contributed by atoms with Crippen molar-refractivity contribution in [2.75, 3.05) is 30.3 Å². The van der Waals surface area contributed by atoms with Crippen LogP contribution in [-0.2, 0) is 6.54 Å². The SMILES string of the molecule is N#Cc1cnc(NCc2ccccc2OCC(F)(F)F)nc1NCC12CCC(NCC3CCC(O)CC3)(CC1)CC2. The highest BCUT2D eigenvalue weighted by Gasteiger charge is 2.48. The van der Waals surface area contributed by atoms with E-state index in [2.05, 4.69) is 32.0 Å². The Morgan fingerprint density at radius 2 is 1.73 bits per heavy atom. The molecule has 8 nitrogen and oxygen atoms in total. The van der Waals surface area contributed by atoms with Crippen molar-refractivity contribution in [2.24, 2.45) is 11.3 Å². The van der Waals surface area contributed by atoms with E-state index in [-0.39, 0.29) is 35.3 Å². The Balaban J connectivity index is 1.15. The van der Waals surface area contributed by atoms with Crippen LogP contribution >= 0.6 is 0 Å². The average molecular weight is 573 g/mol. The highest BCUT2D eigenvalue weighted by Crippen LogP contribution is 2.52. The normalized spacial score (nSPS) is 27.7. The zero-order chi connectivity index (χ0) is 28.9. The Labute approximate surface area is 239 Å². The van der Waals surface area contributed by atoms with Crippen LogP contribution in [0.25, 0.3) is 0 Å². The van der Waals surface area contributed by atoms with Crippen LogP contribution in [-0.4, -0.2) is 52.6 Å². The fraction of sp³-hybridized carbons (Fsp3) is 0.633. The number of nitrogens with one attached hydrogen (secondary N) is 3. The molecule has 4 aliphatic rings. The zero-order valence-electron chi connectivity index (χ0n) is 23.3. The second-order valence-electron chi connectivity index (χ2n) is 12.1. The first-order valence-electron chi connectivity index (χ1n) is 14.6. The van der Waals surface area contributed by atoms with Crippen molar-refractivity contribution in [3.05, 3.63) is 41.6 Å². The van der Waals surface area contributed by atoms with E-state index in [1.165, 1.54) is 12.3 Å². The standard InChI is InChI=1S/C30H39F3N6O2/c31-30(32,33)20-41-25-4-2-1-3-22(25)17-35-27-36-18-23(15-34)26(39-27)37-19-28-9-12-29(13-10-28,14-11-28)38-16-21-5-7-24(40)8-6-21/h1-4,18,21,24,38,40H,5-14,16-17,19-20H2,(H2,35,36,37,39). The van der Waals surface area contributed by atoms with E-state index in [0.717, 1.165) is 77.3 Å². The number of nitrogens with zero attached hydrogens (tertiary/aromatic N) is 3. The molecule has 0 radical (unpaired) electrons. The number of anilines is 2. The van der Waals surface area contributed by atoms with Gasteiger partial charge in [-0.05, 0) is 88.2 Å². The van der Waals surface area contributed by atoms with Crippen molar-refractivity contribution >= 4 is 11.8 Å². The van der Waals surface area contributed by atoms with E-state index in [9.17, 15) is 23.5 Å². The van der Waals surface area contributed by atoms with E-state index in [1.54, 1.807) is 18.2 Å². The number of nitriles is 1. The third kappa shape index (κ3) is 7.60. The Bertz CT molecular complexity index is 1200. The number of rotatable bonds is 11. The molecule has 0 amide bonds. The van der Waals surface area contributed by atoms with Crippen molar-refractivity contribution < 1.29 is 23.0 Å². The fourth-order valence-corrected chi connectivity index (χ4v) is 6.58. The molecule has 4 saturated carbocycles. The number of halogens is 3. The van der Waals surface area contributed by atoms with Crippen LogP contribution in [0.15, 0.2) is 30.5 Å². The molecule has 4 N–H and O–H groups in total. The minimum atomic E-state index is -4.42. The second kappa shape index (κ2) is 12.4. The smallest absolute Gasteiger partial charge is 0.422 e. The molecule has 4 aliphatic carbocycles. The lowest BCUT2D eigenvalue weighted by atomic mass is 9.57. The summed E-state index contributed by atoms with van der Waals surface area (Å²) in [6.45, 7) is 0.567. The van der Waals surface area contributed by atoms with Crippen LogP contribution in [0.5, 0.6) is 5.75 Å². The predicted octanol–water partition coefficient (Wildman–Crippen LogP) is 5.55. The highest BCUT2D eigenvalue weighted by molar-refractivity contribution is 5.53. The van der Waals surface area contributed by atoms with Crippen LogP contribution < -0.4 is 20.7 Å². The summed E-state index contributed by atoms with van der Waals surface area (Å²) in [6.07, 6.45) is 7.73. The minimum Gasteiger partial charge on any atom is -0.484 e. The monoisotopic (exact) mass is 572 g/mol. The molecule has 2 aromatic rings. The predicted molar refractivity (Wildman–Crippen MR) is 149 cm³/mol. The van der Waals surface area contributed by atoms with Gasteiger partial charge in [-0.1, -0.05) is 18.2 Å². The number of hydrogen-bond acceptors (Lipinski definition) is 8. The van der Waals surface area contributed by atoms with Gasteiger partial charge in [0.05, 0.1) is 12.3 Å². The minimum absolute atomic E-state index is 0.117. The maximum atomic E-state index is 12.6. The molecule has 11 heteroatoms. The first kappa shape index (κ1) is 29.4. The maximum Gasteiger partial charge on any atom is 0.422 e. The number of aromatic nitrogens is 2. The van der Waals surface area contributed by atoms with E-state index in [4.69, 9.17) is 4.74 Å². The summed E-state index contributed by atoms with van der Waals surface area (Å²) in [5.74, 6) is 1.54. The fourth-order valence-electron chi connectivity index (χ4n) is 6.58. The van der Waals surface area contributed by atoms with Crippen LogP contribution in [0.2, 0.25) is 0 Å². The summed E-state index contributed by atoms with van der Waals surface area (Å²) < 4.78 is 42.9. The van der Waals surface area contributed by atoms with Crippen LogP contribution in [0.4, 0.5) is 24.9 Å². The van der Waals surface area contributed by atoms with Crippen molar-refractivity contribution in [3.63, 3.8) is 0 Å². The van der Waals surface area contributed by atoms with Gasteiger partial charge in [0.1, 0.15) is 23.2 Å². The Hall–Kier alpha value is -3.10. The highest BCUT2D eigenvalue weighted by atomic mass is 19.4. The van der Waals surface area contributed by atoms with Crippen LogP contribution in [0.3, 0.4) is 0 Å². The first-order valence-corrected chi connectivity index (χ1v) is 14.6. The summed E-state index contributed by atoms with van der Waals surface area (Å²) in [7, 11) is 0. The second-order valence-corrected chi connectivity index (χ2v) is 12.1. The molecule has 222 valence electrons. The molecule has 0 atom stereocenters. The summed E-state index contributed by atoms with van der Waals surface area (Å²) in [6, 6.07) is 8.67. The first-order chi connectivity index (χ1) is 19.7. The van der Waals surface area contributed by atoms with E-state index in [1.807, 2.05) is 0 Å². The van der Waals surface area contributed by atoms with E-state index < -0.39 is 12.8 Å². The van der Waals surface area contributed by atoms with Crippen molar-refractivity contribution in [3.8, 4) is 11.8 Å². The molecule has 0 saturated heterocycles. The van der Waals surface area contributed by atoms with Gasteiger partial charge >= 0.3 is 6.18 Å². The van der Waals surface area contributed by atoms with Gasteiger partial charge in [0.25, 0.3) is 0 Å². The molecule has 6 rings (SSSR count). The average Bonchev–Trinajstić information content (AvgIpc) is 2.99. The zero-order valence-corrected chi connectivity index (χ0v) is 23.3. The molecular weight excluding hydrogens is 533 g/mol. The molecule has 0 unspecified atom stereocenters. The lowest BCUT2D eigenvalue weighted by molar-refractivity contribution is -0.153. The van der Waals surface area contributed by atoms with Crippen molar-refractivity contribution in [2.45, 2.75) is 88.6 Å². The van der Waals surface area contributed by atoms with Gasteiger partial charge in [-0.2, -0.15) is 23.4 Å². The summed E-state index contributed by atoms with van der Waals surface area (Å²) in [4.78, 5) is 8.75. The lowest BCUT2D eigenvalue weighted by Crippen LogP contribution is -2.57. The maximum absolute atomic E-state index is 12.6. The molecule has 2 bridgehead atoms. The number of para-hydroxylation sites is 1. The lowest BCUT2D eigenvalue weighted by Gasteiger charge is -2.54. The van der Waals surface area contributed by atoms with Gasteiger partial charge in [-0.3, -0.25) is 0 Å². The van der Waals surface area contributed by atoms with Gasteiger partial charge < -0.3 is 25.8 Å². The molecule has 0 aliphatic heterocycles. The molecule has 1 aromatic carbocycles. The molecular formula is C30H39F3N6O2. The Morgan fingerprint density at radius 1 is 1.02 bits per heavy atom. The number of fused-ring (bicyclic) bond motifs is 3. The summed E-state index contributed by atoms with van der Waals surface area (Å²) in [5, 5.41) is 29.8. The summed E-state index contributed by atoms with van der Waals surface area (Å²) in [5.41, 5.74) is 1.28. The van der Waals surface area contributed by atoms with Gasteiger partial charge in [0.2, 0.25) is 5.95 Å². The largest absolute Gasteiger partial charge is 0.484 e. The van der Waals surface area contributed by atoms with Gasteiger partial charge in [-0.15, -0.1) is 0 Å². The van der Waals surface area contributed by atoms with Crippen LogP contribution in [0.1, 0.15) is 75.3 Å². The number of aliphatic hydroxyl groups is 1. The van der Waals surface area contributed by atoms with Gasteiger partial charge in [0.15, 0.2) is 6.61 Å². The topological polar surface area (TPSA) is 115 Å². The number of ether oxygens (including phenoxy) is 1. The molecule has 4 fully saturated rings. The number of alkyl halides is 3. The number of aliphatic hydroxyl groups excluding tert-OH is 1. The van der Waals surface area contributed by atoms with Gasteiger partial charge in [0, 0.05) is 24.2 Å². The van der Waals surface area contributed by atoms with Crippen LogP contribution in [0, 0.1) is 22.7 Å². The van der Waals surface area contributed by atoms with E-state index in [0.29, 0.717) is 22.9 Å². The molecule has 41 heavy (non-hydrogen) atoms. The third-order valence-corrected chi connectivity index (χ3v) is 9.32. The van der Waals surface area contributed by atoms with Gasteiger partial charge in [-0.25, -0.2) is 4.98 Å². The van der Waals surface area contributed by atoms with Crippen molar-refractivity contribution in [1.29, 1.82) is 5.26 Å². The summed E-state index contributed by atoms with van der Waals surface area (Å²) >= 11 is 0. The quantitative estimate of drug-likeness (QED) is 0.277. The molecule has 0 spiro atoms. The van der Waals surface area contributed by atoms with E-state index >= 15 is 0 Å². The number of hydrogen-bond donors (Lipinski definition) is 4. The molecule has 1 aromatic heterocycles. The Kier molecular flexibility index (Phi) is 8.90.